The molecule has 3 unspecified atom stereocenters. The summed E-state index contributed by atoms with van der Waals surface area (Å²) in [6.07, 6.45) is 4.23. The molecule has 2 bridgehead atoms. The molecule has 5 rings (SSSR count). The number of methoxy groups -OCH3 is 2. The second-order valence-electron chi connectivity index (χ2n) is 7.21. The lowest BCUT2D eigenvalue weighted by molar-refractivity contribution is -0.288. The molecule has 1 spiro atoms. The highest BCUT2D eigenvalue weighted by molar-refractivity contribution is 5.55. The highest BCUT2D eigenvalue weighted by atomic mass is 16.7. The summed E-state index contributed by atoms with van der Waals surface area (Å²) < 4.78 is 18.3. The van der Waals surface area contributed by atoms with Crippen LogP contribution in [0.25, 0.3) is 0 Å². The first-order valence-corrected chi connectivity index (χ1v) is 8.38. The van der Waals surface area contributed by atoms with Gasteiger partial charge in [-0.1, -0.05) is 12.1 Å². The third-order valence-electron chi connectivity index (χ3n) is 6.72. The van der Waals surface area contributed by atoms with Crippen LogP contribution in [0.3, 0.4) is 0 Å². The van der Waals surface area contributed by atoms with E-state index >= 15 is 0 Å². The van der Waals surface area contributed by atoms with Crippen LogP contribution in [0.1, 0.15) is 30.4 Å². The molecule has 2 aliphatic carbocycles. The summed E-state index contributed by atoms with van der Waals surface area (Å²) in [7, 11) is 3.52. The van der Waals surface area contributed by atoms with Gasteiger partial charge in [0, 0.05) is 37.7 Å². The fourth-order valence-electron chi connectivity index (χ4n) is 5.91. The molecule has 4 aliphatic rings. The quantitative estimate of drug-likeness (QED) is 0.848. The van der Waals surface area contributed by atoms with Crippen LogP contribution < -0.4 is 10.1 Å². The Balaban J connectivity index is 1.77. The fourth-order valence-corrected chi connectivity index (χ4v) is 5.91. The lowest BCUT2D eigenvalue weighted by atomic mass is 9.51. The number of benzene rings is 1. The smallest absolute Gasteiger partial charge is 0.206 e. The second-order valence-corrected chi connectivity index (χ2v) is 7.21. The number of hydrogen-bond donors (Lipinski definition) is 1. The predicted molar refractivity (Wildman–Crippen MR) is 82.1 cm³/mol. The van der Waals surface area contributed by atoms with Crippen LogP contribution in [0, 0.1) is 5.92 Å². The van der Waals surface area contributed by atoms with Gasteiger partial charge < -0.3 is 19.5 Å². The van der Waals surface area contributed by atoms with Gasteiger partial charge in [0.1, 0.15) is 5.75 Å². The van der Waals surface area contributed by atoms with Crippen LogP contribution >= 0.6 is 0 Å². The summed E-state index contributed by atoms with van der Waals surface area (Å²) in [6, 6.07) is 7.09. The van der Waals surface area contributed by atoms with E-state index in [0.29, 0.717) is 12.0 Å². The molecule has 2 heterocycles. The lowest BCUT2D eigenvalue weighted by Gasteiger charge is -2.59. The van der Waals surface area contributed by atoms with Crippen molar-refractivity contribution in [3.63, 3.8) is 0 Å². The van der Waals surface area contributed by atoms with Gasteiger partial charge in [-0.3, -0.25) is 0 Å². The van der Waals surface area contributed by atoms with Crippen LogP contribution in [0.15, 0.2) is 18.2 Å². The van der Waals surface area contributed by atoms with Gasteiger partial charge in [-0.15, -0.1) is 0 Å². The normalized spacial score (nSPS) is 40.0. The Bertz CT molecular complexity index is 627. The van der Waals surface area contributed by atoms with Crippen molar-refractivity contribution in [1.82, 2.24) is 5.32 Å². The lowest BCUT2D eigenvalue weighted by Crippen LogP contribution is -2.70. The van der Waals surface area contributed by atoms with Crippen molar-refractivity contribution in [1.29, 1.82) is 0 Å². The zero-order chi connectivity index (χ0) is 14.9. The van der Waals surface area contributed by atoms with Gasteiger partial charge >= 0.3 is 0 Å². The summed E-state index contributed by atoms with van der Waals surface area (Å²) in [5, 5.41) is 3.76. The largest absolute Gasteiger partial charge is 0.484 e. The van der Waals surface area contributed by atoms with Gasteiger partial charge in [0.05, 0.1) is 0 Å². The van der Waals surface area contributed by atoms with Gasteiger partial charge in [-0.25, -0.2) is 0 Å². The predicted octanol–water partition coefficient (Wildman–Crippen LogP) is 2.00. The van der Waals surface area contributed by atoms with Gasteiger partial charge in [-0.05, 0) is 43.4 Å². The van der Waals surface area contributed by atoms with E-state index in [2.05, 4.69) is 23.5 Å². The second kappa shape index (κ2) is 4.25. The van der Waals surface area contributed by atoms with Crippen molar-refractivity contribution in [2.45, 2.75) is 49.0 Å². The van der Waals surface area contributed by atoms with Crippen molar-refractivity contribution in [3.8, 4) is 5.75 Å². The molecular weight excluding hydrogens is 278 g/mol. The molecule has 4 atom stereocenters. The number of rotatable bonds is 2. The molecular formula is C18H23NO3. The highest BCUT2D eigenvalue weighted by Crippen LogP contribution is 2.63. The third-order valence-corrected chi connectivity index (χ3v) is 6.72. The van der Waals surface area contributed by atoms with Crippen LogP contribution in [-0.4, -0.2) is 38.7 Å². The van der Waals surface area contributed by atoms with E-state index < -0.39 is 5.79 Å². The van der Waals surface area contributed by atoms with E-state index in [9.17, 15) is 0 Å². The van der Waals surface area contributed by atoms with Gasteiger partial charge in [0.2, 0.25) is 5.79 Å². The van der Waals surface area contributed by atoms with Crippen LogP contribution in [-0.2, 0) is 21.3 Å². The molecule has 0 aromatic heterocycles. The van der Waals surface area contributed by atoms with E-state index in [4.69, 9.17) is 14.2 Å². The fraction of sp³-hybridized carbons (Fsp3) is 0.667. The number of nitrogens with one attached hydrogen (secondary N) is 1. The Morgan fingerprint density at radius 1 is 1.23 bits per heavy atom. The molecule has 0 radical (unpaired) electrons. The van der Waals surface area contributed by atoms with Crippen molar-refractivity contribution in [2.24, 2.45) is 5.92 Å². The van der Waals surface area contributed by atoms with Crippen LogP contribution in [0.2, 0.25) is 0 Å². The molecule has 1 saturated carbocycles. The van der Waals surface area contributed by atoms with E-state index in [-0.39, 0.29) is 11.5 Å². The Labute approximate surface area is 131 Å². The number of piperidine rings is 1. The minimum Gasteiger partial charge on any atom is -0.484 e. The molecule has 2 aliphatic heterocycles. The molecule has 1 aromatic rings. The topological polar surface area (TPSA) is 39.7 Å². The summed E-state index contributed by atoms with van der Waals surface area (Å²) in [5.74, 6) is 1.07. The SMILES string of the molecule is COC1(OC)CCC2C3Cc4cccc5c4[C@]2(CCN3)C1O5. The maximum absolute atomic E-state index is 6.50. The molecule has 1 saturated heterocycles. The number of hydrogen-bond acceptors (Lipinski definition) is 4. The van der Waals surface area contributed by atoms with Crippen LogP contribution in [0.5, 0.6) is 5.75 Å². The first-order valence-electron chi connectivity index (χ1n) is 8.38. The van der Waals surface area contributed by atoms with E-state index in [0.717, 1.165) is 38.0 Å². The molecule has 1 aromatic carbocycles. The van der Waals surface area contributed by atoms with Gasteiger partial charge in [0.25, 0.3) is 0 Å². The number of ether oxygens (including phenoxy) is 3. The molecule has 0 amide bonds. The van der Waals surface area contributed by atoms with Crippen molar-refractivity contribution in [2.75, 3.05) is 20.8 Å². The molecule has 22 heavy (non-hydrogen) atoms. The Kier molecular flexibility index (Phi) is 2.58. The van der Waals surface area contributed by atoms with Gasteiger partial charge in [0.15, 0.2) is 6.10 Å². The van der Waals surface area contributed by atoms with Crippen molar-refractivity contribution in [3.05, 3.63) is 29.3 Å². The highest BCUT2D eigenvalue weighted by Gasteiger charge is 2.69. The summed E-state index contributed by atoms with van der Waals surface area (Å²) in [4.78, 5) is 0. The Hall–Kier alpha value is -1.10. The molecule has 4 nitrogen and oxygen atoms in total. The summed E-state index contributed by atoms with van der Waals surface area (Å²) in [5.41, 5.74) is 2.97. The first-order chi connectivity index (χ1) is 10.7. The summed E-state index contributed by atoms with van der Waals surface area (Å²) in [6.45, 7) is 1.05. The van der Waals surface area contributed by atoms with E-state index in [1.54, 1.807) is 14.2 Å². The zero-order valence-electron chi connectivity index (χ0n) is 13.2. The first kappa shape index (κ1) is 13.3. The minimum absolute atomic E-state index is 0.0326. The average molecular weight is 301 g/mol. The maximum atomic E-state index is 6.50. The minimum atomic E-state index is -0.619. The monoisotopic (exact) mass is 301 g/mol. The molecule has 118 valence electrons. The molecule has 1 N–H and O–H groups in total. The van der Waals surface area contributed by atoms with Crippen LogP contribution in [0.4, 0.5) is 0 Å². The Morgan fingerprint density at radius 3 is 2.91 bits per heavy atom. The van der Waals surface area contributed by atoms with E-state index in [1.807, 2.05) is 0 Å². The van der Waals surface area contributed by atoms with Crippen molar-refractivity contribution >= 4 is 0 Å². The maximum Gasteiger partial charge on any atom is 0.206 e. The summed E-state index contributed by atoms with van der Waals surface area (Å²) >= 11 is 0. The van der Waals surface area contributed by atoms with E-state index in [1.165, 1.54) is 11.1 Å². The third kappa shape index (κ3) is 1.31. The van der Waals surface area contributed by atoms with Crippen molar-refractivity contribution < 1.29 is 14.2 Å². The van der Waals surface area contributed by atoms with Gasteiger partial charge in [-0.2, -0.15) is 0 Å². The Morgan fingerprint density at radius 2 is 2.09 bits per heavy atom. The molecule has 4 heteroatoms. The molecule has 2 fully saturated rings. The standard InChI is InChI=1S/C18H23NO3/c1-20-18(21-2)7-6-12-13-10-11-4-3-5-14-15(11)17(12,8-9-19-13)16(18)22-14/h3-5,12-13,16,19H,6-10H2,1-2H3/t12?,13?,16?,17-/m1/s1. The zero-order valence-corrected chi connectivity index (χ0v) is 13.2. The average Bonchev–Trinajstić information content (AvgIpc) is 2.88.